The molecule has 5 nitrogen and oxygen atoms in total. The van der Waals surface area contributed by atoms with Crippen molar-refractivity contribution < 1.29 is 10.0 Å². The molecule has 0 bridgehead atoms. The van der Waals surface area contributed by atoms with E-state index >= 15 is 0 Å². The Morgan fingerprint density at radius 2 is 2.18 bits per heavy atom. The van der Waals surface area contributed by atoms with Crippen molar-refractivity contribution in [3.63, 3.8) is 0 Å². The molecule has 0 saturated heterocycles. The molecular formula is C12H21N3O2. The highest BCUT2D eigenvalue weighted by atomic mass is 16.4. The Labute approximate surface area is 101 Å². The van der Waals surface area contributed by atoms with Gasteiger partial charge in [0.25, 0.3) is 0 Å². The van der Waals surface area contributed by atoms with Crippen LogP contribution in [0.2, 0.25) is 0 Å². The fourth-order valence-corrected chi connectivity index (χ4v) is 2.84. The van der Waals surface area contributed by atoms with E-state index in [0.29, 0.717) is 24.7 Å². The van der Waals surface area contributed by atoms with E-state index in [1.54, 1.807) is 0 Å². The number of nitrogens with two attached hydrogens (primary N) is 1. The number of amidine groups is 1. The number of rotatable bonds is 4. The number of hydrogen-bond donors (Lipinski definition) is 3. The average molecular weight is 239 g/mol. The zero-order valence-electron chi connectivity index (χ0n) is 10.3. The van der Waals surface area contributed by atoms with Crippen molar-refractivity contribution in [1.82, 2.24) is 5.32 Å². The quantitative estimate of drug-likeness (QED) is 0.297. The van der Waals surface area contributed by atoms with Crippen LogP contribution in [0.1, 0.15) is 39.0 Å². The van der Waals surface area contributed by atoms with Gasteiger partial charge in [-0.15, -0.1) is 0 Å². The Hall–Kier alpha value is -1.26. The summed E-state index contributed by atoms with van der Waals surface area (Å²) >= 11 is 0. The SMILES string of the molecule is CC1CC(C(=O)NCC2CCC2)(C(N)=NO)C1. The molecule has 4 N–H and O–H groups in total. The van der Waals surface area contributed by atoms with Gasteiger partial charge in [-0.1, -0.05) is 18.5 Å². The Kier molecular flexibility index (Phi) is 3.26. The molecule has 17 heavy (non-hydrogen) atoms. The maximum absolute atomic E-state index is 12.2. The molecule has 0 spiro atoms. The first kappa shape index (κ1) is 12.2. The van der Waals surface area contributed by atoms with Crippen LogP contribution in [0.3, 0.4) is 0 Å². The first-order chi connectivity index (χ1) is 8.08. The molecule has 1 amide bonds. The van der Waals surface area contributed by atoms with Crippen LogP contribution in [0.5, 0.6) is 0 Å². The van der Waals surface area contributed by atoms with Gasteiger partial charge in [0.2, 0.25) is 5.91 Å². The van der Waals surface area contributed by atoms with E-state index in [9.17, 15) is 4.79 Å². The third-order valence-electron chi connectivity index (χ3n) is 4.20. The van der Waals surface area contributed by atoms with Crippen LogP contribution in [0.4, 0.5) is 0 Å². The summed E-state index contributed by atoms with van der Waals surface area (Å²) in [5.41, 5.74) is 4.92. The van der Waals surface area contributed by atoms with E-state index in [1.165, 1.54) is 19.3 Å². The number of hydrogen-bond acceptors (Lipinski definition) is 3. The van der Waals surface area contributed by atoms with Crippen LogP contribution in [-0.2, 0) is 4.79 Å². The maximum atomic E-state index is 12.2. The largest absolute Gasteiger partial charge is 0.409 e. The maximum Gasteiger partial charge on any atom is 0.233 e. The highest BCUT2D eigenvalue weighted by Crippen LogP contribution is 2.46. The fraction of sp³-hybridized carbons (Fsp3) is 0.833. The van der Waals surface area contributed by atoms with Crippen molar-refractivity contribution in [2.45, 2.75) is 39.0 Å². The minimum absolute atomic E-state index is 0.0571. The number of carbonyl (C=O) groups excluding carboxylic acids is 1. The van der Waals surface area contributed by atoms with Gasteiger partial charge in [-0.25, -0.2) is 0 Å². The second-order valence-electron chi connectivity index (χ2n) is 5.59. The highest BCUT2D eigenvalue weighted by molar-refractivity contribution is 6.07. The number of nitrogens with zero attached hydrogens (tertiary/aromatic N) is 1. The smallest absolute Gasteiger partial charge is 0.233 e. The van der Waals surface area contributed by atoms with Gasteiger partial charge in [-0.05, 0) is 37.5 Å². The van der Waals surface area contributed by atoms with Crippen molar-refractivity contribution in [3.8, 4) is 0 Å². The predicted molar refractivity (Wildman–Crippen MR) is 64.6 cm³/mol. The Morgan fingerprint density at radius 3 is 2.59 bits per heavy atom. The summed E-state index contributed by atoms with van der Waals surface area (Å²) in [7, 11) is 0. The minimum Gasteiger partial charge on any atom is -0.409 e. The second kappa shape index (κ2) is 4.55. The lowest BCUT2D eigenvalue weighted by atomic mass is 9.61. The number of amides is 1. The van der Waals surface area contributed by atoms with E-state index < -0.39 is 5.41 Å². The summed E-state index contributed by atoms with van der Waals surface area (Å²) in [6.45, 7) is 2.80. The lowest BCUT2D eigenvalue weighted by molar-refractivity contribution is -0.133. The van der Waals surface area contributed by atoms with Gasteiger partial charge in [-0.3, -0.25) is 4.79 Å². The first-order valence-corrected chi connectivity index (χ1v) is 6.35. The molecule has 0 atom stereocenters. The molecule has 0 heterocycles. The van der Waals surface area contributed by atoms with Crippen LogP contribution < -0.4 is 11.1 Å². The van der Waals surface area contributed by atoms with Gasteiger partial charge in [0.1, 0.15) is 5.41 Å². The van der Waals surface area contributed by atoms with Crippen molar-refractivity contribution in [2.75, 3.05) is 6.54 Å². The fourth-order valence-electron chi connectivity index (χ4n) is 2.84. The number of oxime groups is 1. The molecule has 5 heteroatoms. The number of nitrogens with one attached hydrogen (secondary N) is 1. The molecule has 2 aliphatic rings. The summed E-state index contributed by atoms with van der Waals surface area (Å²) in [5.74, 6) is 1.07. The Balaban J connectivity index is 1.93. The molecule has 0 aromatic heterocycles. The topological polar surface area (TPSA) is 87.7 Å². The molecule has 2 saturated carbocycles. The molecular weight excluding hydrogens is 218 g/mol. The van der Waals surface area contributed by atoms with Crippen molar-refractivity contribution in [1.29, 1.82) is 0 Å². The van der Waals surface area contributed by atoms with Gasteiger partial charge in [0, 0.05) is 6.54 Å². The Morgan fingerprint density at radius 1 is 1.53 bits per heavy atom. The minimum atomic E-state index is -0.752. The standard InChI is InChI=1S/C12H21N3O2/c1-8-5-12(6-8,10(13)15-17)11(16)14-7-9-3-2-4-9/h8-9,17H,2-7H2,1H3,(H2,13,15)(H,14,16). The van der Waals surface area contributed by atoms with Gasteiger partial charge >= 0.3 is 0 Å². The monoisotopic (exact) mass is 239 g/mol. The van der Waals surface area contributed by atoms with E-state index in [1.807, 2.05) is 0 Å². The molecule has 96 valence electrons. The lowest BCUT2D eigenvalue weighted by Gasteiger charge is -2.44. The lowest BCUT2D eigenvalue weighted by Crippen LogP contribution is -2.57. The average Bonchev–Trinajstić information content (AvgIpc) is 2.20. The van der Waals surface area contributed by atoms with E-state index in [2.05, 4.69) is 17.4 Å². The Bertz CT molecular complexity index is 331. The third kappa shape index (κ3) is 2.10. The molecule has 0 aromatic carbocycles. The zero-order valence-corrected chi connectivity index (χ0v) is 10.3. The van der Waals surface area contributed by atoms with Crippen molar-refractivity contribution >= 4 is 11.7 Å². The molecule has 2 rings (SSSR count). The molecule has 2 aliphatic carbocycles. The number of carbonyl (C=O) groups is 1. The van der Waals surface area contributed by atoms with E-state index in [0.717, 1.165) is 6.54 Å². The summed E-state index contributed by atoms with van der Waals surface area (Å²) in [5, 5.41) is 14.8. The molecule has 2 fully saturated rings. The zero-order chi connectivity index (χ0) is 12.5. The molecule has 0 aliphatic heterocycles. The molecule has 0 unspecified atom stereocenters. The van der Waals surface area contributed by atoms with Crippen LogP contribution in [-0.4, -0.2) is 23.5 Å². The van der Waals surface area contributed by atoms with Gasteiger partial charge in [-0.2, -0.15) is 0 Å². The van der Waals surface area contributed by atoms with Gasteiger partial charge in [0.05, 0.1) is 0 Å². The van der Waals surface area contributed by atoms with Gasteiger partial charge < -0.3 is 16.3 Å². The predicted octanol–water partition coefficient (Wildman–Crippen LogP) is 1.07. The summed E-state index contributed by atoms with van der Waals surface area (Å²) in [4.78, 5) is 12.2. The van der Waals surface area contributed by atoms with Crippen molar-refractivity contribution in [2.24, 2.45) is 28.1 Å². The molecule has 0 radical (unpaired) electrons. The van der Waals surface area contributed by atoms with Crippen LogP contribution in [0, 0.1) is 17.3 Å². The van der Waals surface area contributed by atoms with Crippen LogP contribution >= 0.6 is 0 Å². The first-order valence-electron chi connectivity index (χ1n) is 6.35. The van der Waals surface area contributed by atoms with Crippen LogP contribution in [0.25, 0.3) is 0 Å². The normalized spacial score (nSPS) is 33.7. The van der Waals surface area contributed by atoms with Crippen LogP contribution in [0.15, 0.2) is 5.16 Å². The highest BCUT2D eigenvalue weighted by Gasteiger charge is 2.52. The summed E-state index contributed by atoms with van der Waals surface area (Å²) in [6.07, 6.45) is 5.03. The van der Waals surface area contributed by atoms with Gasteiger partial charge in [0.15, 0.2) is 5.84 Å². The third-order valence-corrected chi connectivity index (χ3v) is 4.20. The second-order valence-corrected chi connectivity index (χ2v) is 5.59. The van der Waals surface area contributed by atoms with Crippen molar-refractivity contribution in [3.05, 3.63) is 0 Å². The molecule has 0 aromatic rings. The summed E-state index contributed by atoms with van der Waals surface area (Å²) in [6, 6.07) is 0. The van der Waals surface area contributed by atoms with E-state index in [4.69, 9.17) is 10.9 Å². The van der Waals surface area contributed by atoms with E-state index in [-0.39, 0.29) is 11.7 Å². The summed E-state index contributed by atoms with van der Waals surface area (Å²) < 4.78 is 0.